The number of methoxy groups -OCH3 is 1. The summed E-state index contributed by atoms with van der Waals surface area (Å²) in [5.41, 5.74) is -0.130. The highest BCUT2D eigenvalue weighted by Gasteiger charge is 2.44. The van der Waals surface area contributed by atoms with Crippen LogP contribution in [-0.4, -0.2) is 31.5 Å². The zero-order valence-electron chi connectivity index (χ0n) is 16.1. The molecule has 1 N–H and O–H groups in total. The molecule has 1 saturated carbocycles. The van der Waals surface area contributed by atoms with Gasteiger partial charge >= 0.3 is 5.97 Å². The molecule has 1 aliphatic carbocycles. The number of carbonyl (C=O) groups excluding carboxylic acids is 3. The Morgan fingerprint density at radius 1 is 1.07 bits per heavy atom. The Bertz CT molecular complexity index is 904. The van der Waals surface area contributed by atoms with Crippen LogP contribution in [0.25, 0.3) is 0 Å². The average molecular weight is 399 g/mol. The SMILES string of the molecule is COc1ccc(C(=O)NC(=O)COC(=O)C2(c3cccc(F)c3)CCCC2)cc1. The molecule has 3 rings (SSSR count). The highest BCUT2D eigenvalue weighted by molar-refractivity contribution is 6.05. The maximum atomic E-state index is 13.7. The van der Waals surface area contributed by atoms with Gasteiger partial charge in [0.1, 0.15) is 11.6 Å². The van der Waals surface area contributed by atoms with Crippen LogP contribution in [0, 0.1) is 5.82 Å². The van der Waals surface area contributed by atoms with Crippen molar-refractivity contribution in [2.75, 3.05) is 13.7 Å². The first-order chi connectivity index (χ1) is 13.9. The summed E-state index contributed by atoms with van der Waals surface area (Å²) >= 11 is 0. The normalized spacial score (nSPS) is 14.8. The molecule has 0 saturated heterocycles. The Kier molecular flexibility index (Phi) is 6.26. The third-order valence-electron chi connectivity index (χ3n) is 5.16. The molecule has 1 fully saturated rings. The van der Waals surface area contributed by atoms with Crippen molar-refractivity contribution < 1.29 is 28.2 Å². The van der Waals surface area contributed by atoms with Crippen LogP contribution in [-0.2, 0) is 19.7 Å². The summed E-state index contributed by atoms with van der Waals surface area (Å²) in [4.78, 5) is 37.0. The molecule has 2 amide bonds. The van der Waals surface area contributed by atoms with Gasteiger partial charge in [0.15, 0.2) is 6.61 Å². The minimum Gasteiger partial charge on any atom is -0.497 e. The van der Waals surface area contributed by atoms with Crippen molar-refractivity contribution in [1.29, 1.82) is 0 Å². The van der Waals surface area contributed by atoms with Crippen LogP contribution >= 0.6 is 0 Å². The van der Waals surface area contributed by atoms with Crippen molar-refractivity contribution in [2.24, 2.45) is 0 Å². The summed E-state index contributed by atoms with van der Waals surface area (Å²) in [5, 5.41) is 2.19. The maximum absolute atomic E-state index is 13.7. The lowest BCUT2D eigenvalue weighted by molar-refractivity contribution is -0.154. The standard InChI is InChI=1S/C22H22FNO5/c1-28-18-9-7-15(8-10-18)20(26)24-19(25)14-29-21(27)22(11-2-3-12-22)16-5-4-6-17(23)13-16/h4-10,13H,2-3,11-12,14H2,1H3,(H,24,25,26). The summed E-state index contributed by atoms with van der Waals surface area (Å²) in [6.45, 7) is -0.586. The van der Waals surface area contributed by atoms with E-state index in [2.05, 4.69) is 5.32 Å². The predicted molar refractivity (Wildman–Crippen MR) is 103 cm³/mol. The first-order valence-corrected chi connectivity index (χ1v) is 9.36. The van der Waals surface area contributed by atoms with Crippen LogP contribution in [0.4, 0.5) is 4.39 Å². The Morgan fingerprint density at radius 2 is 1.76 bits per heavy atom. The van der Waals surface area contributed by atoms with Gasteiger partial charge in [0.25, 0.3) is 11.8 Å². The van der Waals surface area contributed by atoms with E-state index in [0.717, 1.165) is 12.8 Å². The van der Waals surface area contributed by atoms with E-state index in [1.54, 1.807) is 24.3 Å². The van der Waals surface area contributed by atoms with Crippen LogP contribution in [0.1, 0.15) is 41.6 Å². The topological polar surface area (TPSA) is 81.7 Å². The fourth-order valence-electron chi connectivity index (χ4n) is 3.62. The molecule has 0 atom stereocenters. The largest absolute Gasteiger partial charge is 0.497 e. The molecule has 7 heteroatoms. The van der Waals surface area contributed by atoms with E-state index in [0.29, 0.717) is 24.2 Å². The van der Waals surface area contributed by atoms with Crippen LogP contribution in [0.5, 0.6) is 5.75 Å². The number of carbonyl (C=O) groups is 3. The van der Waals surface area contributed by atoms with Crippen molar-refractivity contribution in [3.63, 3.8) is 0 Å². The summed E-state index contributed by atoms with van der Waals surface area (Å²) < 4.78 is 23.9. The van der Waals surface area contributed by atoms with E-state index in [1.807, 2.05) is 0 Å². The minimum absolute atomic E-state index is 0.275. The lowest BCUT2D eigenvalue weighted by atomic mass is 9.79. The van der Waals surface area contributed by atoms with Gasteiger partial charge in [-0.3, -0.25) is 19.7 Å². The number of hydrogen-bond acceptors (Lipinski definition) is 5. The van der Waals surface area contributed by atoms with Crippen molar-refractivity contribution in [2.45, 2.75) is 31.1 Å². The number of amides is 2. The molecule has 0 spiro atoms. The number of nitrogens with one attached hydrogen (secondary N) is 1. The maximum Gasteiger partial charge on any atom is 0.317 e. The summed E-state index contributed by atoms with van der Waals surface area (Å²) in [6.07, 6.45) is 2.69. The quantitative estimate of drug-likeness (QED) is 0.755. The zero-order chi connectivity index (χ0) is 20.9. The monoisotopic (exact) mass is 399 g/mol. The molecule has 6 nitrogen and oxygen atoms in total. The summed E-state index contributed by atoms with van der Waals surface area (Å²) in [6, 6.07) is 12.1. The van der Waals surface area contributed by atoms with E-state index < -0.39 is 35.6 Å². The van der Waals surface area contributed by atoms with Gasteiger partial charge in [0.05, 0.1) is 12.5 Å². The van der Waals surface area contributed by atoms with Gasteiger partial charge in [0, 0.05) is 5.56 Å². The molecule has 0 aromatic heterocycles. The van der Waals surface area contributed by atoms with E-state index in [-0.39, 0.29) is 5.56 Å². The molecule has 0 unspecified atom stereocenters. The van der Waals surface area contributed by atoms with E-state index in [9.17, 15) is 18.8 Å². The smallest absolute Gasteiger partial charge is 0.317 e. The lowest BCUT2D eigenvalue weighted by Gasteiger charge is -2.27. The average Bonchev–Trinajstić information content (AvgIpc) is 3.23. The number of rotatable bonds is 6. The molecular weight excluding hydrogens is 377 g/mol. The van der Waals surface area contributed by atoms with Gasteiger partial charge in [-0.05, 0) is 54.8 Å². The van der Waals surface area contributed by atoms with Gasteiger partial charge in [-0.15, -0.1) is 0 Å². The third kappa shape index (κ3) is 4.62. The first-order valence-electron chi connectivity index (χ1n) is 9.36. The van der Waals surface area contributed by atoms with Gasteiger partial charge in [-0.1, -0.05) is 25.0 Å². The van der Waals surface area contributed by atoms with Crippen LogP contribution in [0.2, 0.25) is 0 Å². The molecule has 0 aliphatic heterocycles. The molecule has 2 aromatic rings. The number of ether oxygens (including phenoxy) is 2. The molecule has 0 heterocycles. The second-order valence-corrected chi connectivity index (χ2v) is 6.98. The molecule has 1 aliphatic rings. The highest BCUT2D eigenvalue weighted by atomic mass is 19.1. The highest BCUT2D eigenvalue weighted by Crippen LogP contribution is 2.42. The second-order valence-electron chi connectivity index (χ2n) is 6.98. The van der Waals surface area contributed by atoms with Crippen molar-refractivity contribution >= 4 is 17.8 Å². The summed E-state index contributed by atoms with van der Waals surface area (Å²) in [5.74, 6) is -1.75. The molecule has 0 bridgehead atoms. The van der Waals surface area contributed by atoms with Crippen LogP contribution < -0.4 is 10.1 Å². The molecule has 152 valence electrons. The predicted octanol–water partition coefficient (Wildman–Crippen LogP) is 3.15. The van der Waals surface area contributed by atoms with Crippen LogP contribution in [0.15, 0.2) is 48.5 Å². The van der Waals surface area contributed by atoms with Gasteiger partial charge < -0.3 is 9.47 Å². The molecular formula is C22H22FNO5. The van der Waals surface area contributed by atoms with Crippen molar-refractivity contribution in [3.05, 3.63) is 65.5 Å². The molecule has 29 heavy (non-hydrogen) atoms. The fourth-order valence-corrected chi connectivity index (χ4v) is 3.62. The first kappa shape index (κ1) is 20.5. The Morgan fingerprint density at radius 3 is 2.38 bits per heavy atom. The number of hydrogen-bond donors (Lipinski definition) is 1. The van der Waals surface area contributed by atoms with Gasteiger partial charge in [0.2, 0.25) is 0 Å². The molecule has 0 radical (unpaired) electrons. The number of esters is 1. The van der Waals surface area contributed by atoms with Crippen molar-refractivity contribution in [3.8, 4) is 5.75 Å². The minimum atomic E-state index is -0.956. The van der Waals surface area contributed by atoms with Crippen LogP contribution in [0.3, 0.4) is 0 Å². The van der Waals surface area contributed by atoms with E-state index in [1.165, 1.54) is 31.4 Å². The number of benzene rings is 2. The summed E-state index contributed by atoms with van der Waals surface area (Å²) in [7, 11) is 1.51. The van der Waals surface area contributed by atoms with E-state index >= 15 is 0 Å². The molecule has 2 aromatic carbocycles. The van der Waals surface area contributed by atoms with E-state index in [4.69, 9.17) is 9.47 Å². The van der Waals surface area contributed by atoms with Gasteiger partial charge in [-0.2, -0.15) is 0 Å². The second kappa shape index (κ2) is 8.86. The lowest BCUT2D eigenvalue weighted by Crippen LogP contribution is -2.39. The Balaban J connectivity index is 1.61. The fraction of sp³-hybridized carbons (Fsp3) is 0.318. The number of imide groups is 1. The Labute approximate surface area is 168 Å². The Hall–Kier alpha value is -3.22. The zero-order valence-corrected chi connectivity index (χ0v) is 16.1. The van der Waals surface area contributed by atoms with Crippen molar-refractivity contribution in [1.82, 2.24) is 5.32 Å². The number of halogens is 1. The van der Waals surface area contributed by atoms with Gasteiger partial charge in [-0.25, -0.2) is 4.39 Å². The third-order valence-corrected chi connectivity index (χ3v) is 5.16.